The van der Waals surface area contributed by atoms with Gasteiger partial charge in [-0.3, -0.25) is 14.4 Å². The van der Waals surface area contributed by atoms with Gasteiger partial charge in [0.1, 0.15) is 6.04 Å². The molecule has 2 aromatic rings. The van der Waals surface area contributed by atoms with Gasteiger partial charge >= 0.3 is 5.97 Å². The van der Waals surface area contributed by atoms with Crippen LogP contribution in [0, 0.1) is 0 Å². The molecule has 2 rings (SSSR count). The van der Waals surface area contributed by atoms with Gasteiger partial charge in [0, 0.05) is 17.1 Å². The standard InChI is InChI=1S/C13H12N2O4/c1-7(13(18)19)15-12(17)11(16)9-6-14-10-5-3-2-4-8(9)10/h2-7,14H,1H3,(H,15,17)(H,18,19)/t7-/m1/s1. The van der Waals surface area contributed by atoms with Crippen molar-refractivity contribution in [2.75, 3.05) is 0 Å². The van der Waals surface area contributed by atoms with E-state index >= 15 is 0 Å². The molecule has 1 atom stereocenters. The van der Waals surface area contributed by atoms with Gasteiger partial charge in [-0.2, -0.15) is 0 Å². The van der Waals surface area contributed by atoms with Crippen LogP contribution in [-0.4, -0.2) is 33.8 Å². The van der Waals surface area contributed by atoms with Crippen molar-refractivity contribution in [3.8, 4) is 0 Å². The number of hydrogen-bond acceptors (Lipinski definition) is 3. The number of aliphatic carboxylic acids is 1. The number of H-pyrrole nitrogens is 1. The lowest BCUT2D eigenvalue weighted by atomic mass is 10.1. The second-order valence-electron chi connectivity index (χ2n) is 4.11. The fourth-order valence-corrected chi connectivity index (χ4v) is 1.71. The number of ketones is 1. The molecule has 3 N–H and O–H groups in total. The normalized spacial score (nSPS) is 12.1. The molecule has 0 saturated carbocycles. The Labute approximate surface area is 108 Å². The molecule has 0 fully saturated rings. The minimum absolute atomic E-state index is 0.227. The Bertz CT molecular complexity index is 659. The molecule has 0 radical (unpaired) electrons. The van der Waals surface area contributed by atoms with Crippen LogP contribution in [0.1, 0.15) is 17.3 Å². The molecule has 0 spiro atoms. The maximum absolute atomic E-state index is 12.0. The van der Waals surface area contributed by atoms with Crippen LogP contribution in [0.4, 0.5) is 0 Å². The van der Waals surface area contributed by atoms with Crippen molar-refractivity contribution in [3.63, 3.8) is 0 Å². The second kappa shape index (κ2) is 4.93. The third-order valence-corrected chi connectivity index (χ3v) is 2.76. The number of aromatic amines is 1. The van der Waals surface area contributed by atoms with Gasteiger partial charge in [-0.15, -0.1) is 0 Å². The zero-order valence-corrected chi connectivity index (χ0v) is 10.1. The Morgan fingerprint density at radius 3 is 2.63 bits per heavy atom. The highest BCUT2D eigenvalue weighted by molar-refractivity contribution is 6.45. The molecular weight excluding hydrogens is 248 g/mol. The Hall–Kier alpha value is -2.63. The molecule has 98 valence electrons. The molecule has 1 aromatic carbocycles. The van der Waals surface area contributed by atoms with Crippen LogP contribution in [0.3, 0.4) is 0 Å². The molecule has 1 aromatic heterocycles. The maximum atomic E-state index is 12.0. The van der Waals surface area contributed by atoms with E-state index in [9.17, 15) is 14.4 Å². The van der Waals surface area contributed by atoms with Crippen molar-refractivity contribution in [1.82, 2.24) is 10.3 Å². The van der Waals surface area contributed by atoms with Gasteiger partial charge in [0.15, 0.2) is 0 Å². The molecule has 0 unspecified atom stereocenters. The van der Waals surface area contributed by atoms with Crippen molar-refractivity contribution in [3.05, 3.63) is 36.0 Å². The Balaban J connectivity index is 2.24. The van der Waals surface area contributed by atoms with Crippen molar-refractivity contribution < 1.29 is 19.5 Å². The summed E-state index contributed by atoms with van der Waals surface area (Å²) in [5.74, 6) is -2.88. The number of benzene rings is 1. The minimum Gasteiger partial charge on any atom is -0.480 e. The molecule has 0 aliphatic rings. The summed E-state index contributed by atoms with van der Waals surface area (Å²) in [5.41, 5.74) is 0.968. The Morgan fingerprint density at radius 1 is 1.26 bits per heavy atom. The summed E-state index contributed by atoms with van der Waals surface area (Å²) in [7, 11) is 0. The summed E-state index contributed by atoms with van der Waals surface area (Å²) in [5, 5.41) is 11.4. The van der Waals surface area contributed by atoms with Crippen LogP contribution in [-0.2, 0) is 9.59 Å². The molecule has 0 saturated heterocycles. The average molecular weight is 260 g/mol. The topological polar surface area (TPSA) is 99.3 Å². The first-order valence-electron chi connectivity index (χ1n) is 5.65. The Morgan fingerprint density at radius 2 is 1.95 bits per heavy atom. The minimum atomic E-state index is -1.19. The lowest BCUT2D eigenvalue weighted by Gasteiger charge is -2.07. The van der Waals surface area contributed by atoms with Gasteiger partial charge in [-0.25, -0.2) is 0 Å². The summed E-state index contributed by atoms with van der Waals surface area (Å²) < 4.78 is 0. The van der Waals surface area contributed by atoms with Crippen LogP contribution >= 0.6 is 0 Å². The Kier molecular flexibility index (Phi) is 3.33. The summed E-state index contributed by atoms with van der Waals surface area (Å²) in [4.78, 5) is 37.1. The monoisotopic (exact) mass is 260 g/mol. The third-order valence-electron chi connectivity index (χ3n) is 2.76. The second-order valence-corrected chi connectivity index (χ2v) is 4.11. The predicted octanol–water partition coefficient (Wildman–Crippen LogP) is 0.940. The van der Waals surface area contributed by atoms with Crippen LogP contribution in [0.2, 0.25) is 0 Å². The molecule has 0 aliphatic heterocycles. The van der Waals surface area contributed by atoms with Crippen LogP contribution in [0.15, 0.2) is 30.5 Å². The lowest BCUT2D eigenvalue weighted by molar-refractivity contribution is -0.140. The van der Waals surface area contributed by atoms with Crippen LogP contribution < -0.4 is 5.32 Å². The summed E-state index contributed by atoms with van der Waals surface area (Å²) in [6.45, 7) is 1.29. The highest BCUT2D eigenvalue weighted by Gasteiger charge is 2.23. The quantitative estimate of drug-likeness (QED) is 0.562. The highest BCUT2D eigenvalue weighted by Crippen LogP contribution is 2.18. The molecule has 0 bridgehead atoms. The number of para-hydroxylation sites is 1. The zero-order chi connectivity index (χ0) is 14.0. The van der Waals surface area contributed by atoms with Gasteiger partial charge in [0.05, 0.1) is 5.56 Å². The van der Waals surface area contributed by atoms with E-state index < -0.39 is 23.7 Å². The number of rotatable bonds is 4. The summed E-state index contributed by atoms with van der Waals surface area (Å²) >= 11 is 0. The van der Waals surface area contributed by atoms with Crippen molar-refractivity contribution in [2.24, 2.45) is 0 Å². The number of Topliss-reactive ketones (excluding diaryl/α,β-unsaturated/α-hetero) is 1. The fraction of sp³-hybridized carbons (Fsp3) is 0.154. The van der Waals surface area contributed by atoms with Crippen molar-refractivity contribution in [2.45, 2.75) is 13.0 Å². The average Bonchev–Trinajstić information content (AvgIpc) is 2.81. The molecule has 6 nitrogen and oxygen atoms in total. The van der Waals surface area contributed by atoms with Crippen LogP contribution in [0.25, 0.3) is 10.9 Å². The van der Waals surface area contributed by atoms with Gasteiger partial charge < -0.3 is 15.4 Å². The first-order valence-corrected chi connectivity index (χ1v) is 5.65. The van der Waals surface area contributed by atoms with E-state index in [1.165, 1.54) is 13.1 Å². The fourth-order valence-electron chi connectivity index (χ4n) is 1.71. The van der Waals surface area contributed by atoms with Gasteiger partial charge in [0.25, 0.3) is 11.7 Å². The van der Waals surface area contributed by atoms with E-state index in [0.717, 1.165) is 5.52 Å². The molecule has 0 aliphatic carbocycles. The van der Waals surface area contributed by atoms with Gasteiger partial charge in [-0.05, 0) is 13.0 Å². The van der Waals surface area contributed by atoms with E-state index in [-0.39, 0.29) is 5.56 Å². The largest absolute Gasteiger partial charge is 0.480 e. The molecular formula is C13H12N2O4. The summed E-state index contributed by atoms with van der Waals surface area (Å²) in [6, 6.07) is 5.95. The van der Waals surface area contributed by atoms with E-state index in [2.05, 4.69) is 10.3 Å². The molecule has 19 heavy (non-hydrogen) atoms. The lowest BCUT2D eigenvalue weighted by Crippen LogP contribution is -2.41. The zero-order valence-electron chi connectivity index (χ0n) is 10.1. The van der Waals surface area contributed by atoms with Crippen molar-refractivity contribution >= 4 is 28.6 Å². The van der Waals surface area contributed by atoms with E-state index in [1.54, 1.807) is 24.3 Å². The first kappa shape index (κ1) is 12.8. The van der Waals surface area contributed by atoms with Gasteiger partial charge in [-0.1, -0.05) is 18.2 Å². The highest BCUT2D eigenvalue weighted by atomic mass is 16.4. The number of hydrogen-bond donors (Lipinski definition) is 3. The number of carboxylic acids is 1. The number of carbonyl (C=O) groups is 3. The van der Waals surface area contributed by atoms with E-state index in [4.69, 9.17) is 5.11 Å². The smallest absolute Gasteiger partial charge is 0.325 e. The summed E-state index contributed by atoms with van der Waals surface area (Å²) in [6.07, 6.45) is 1.44. The maximum Gasteiger partial charge on any atom is 0.325 e. The SMILES string of the molecule is C[C@@H](NC(=O)C(=O)c1c[nH]c2ccccc12)C(=O)O. The molecule has 6 heteroatoms. The molecule has 1 heterocycles. The first-order chi connectivity index (χ1) is 9.00. The predicted molar refractivity (Wildman–Crippen MR) is 67.9 cm³/mol. The number of carbonyl (C=O) groups excluding carboxylic acids is 2. The van der Waals surface area contributed by atoms with E-state index in [1.807, 2.05) is 0 Å². The number of fused-ring (bicyclic) bond motifs is 1. The number of amides is 1. The number of aromatic nitrogens is 1. The molecule has 1 amide bonds. The van der Waals surface area contributed by atoms with Crippen molar-refractivity contribution in [1.29, 1.82) is 0 Å². The van der Waals surface area contributed by atoms with Gasteiger partial charge in [0.2, 0.25) is 0 Å². The third kappa shape index (κ3) is 2.47. The number of nitrogens with one attached hydrogen (secondary N) is 2. The van der Waals surface area contributed by atoms with E-state index in [0.29, 0.717) is 5.39 Å². The van der Waals surface area contributed by atoms with Crippen LogP contribution in [0.5, 0.6) is 0 Å². The number of carboxylic acid groups (broad SMARTS) is 1.